The van der Waals surface area contributed by atoms with Gasteiger partial charge in [-0.05, 0) is 23.8 Å². The van der Waals surface area contributed by atoms with Gasteiger partial charge in [0.1, 0.15) is 5.75 Å². The molecule has 4 rings (SSSR count). The molecule has 1 amide bonds. The van der Waals surface area contributed by atoms with Gasteiger partial charge in [-0.1, -0.05) is 42.5 Å². The van der Waals surface area contributed by atoms with Crippen molar-refractivity contribution in [2.24, 2.45) is 0 Å². The first kappa shape index (κ1) is 17.4. The molecule has 2 aromatic rings. The number of fused-ring (bicyclic) bond motifs is 2. The van der Waals surface area contributed by atoms with Crippen LogP contribution < -0.4 is 15.0 Å². The molecule has 8 heteroatoms. The predicted molar refractivity (Wildman–Crippen MR) is 104 cm³/mol. The number of likely N-dealkylation sites (N-methyl/N-ethyl adjacent to an activating group) is 1. The van der Waals surface area contributed by atoms with Gasteiger partial charge in [0.25, 0.3) is 11.9 Å². The third-order valence-electron chi connectivity index (χ3n) is 5.41. The van der Waals surface area contributed by atoms with E-state index >= 15 is 0 Å². The monoisotopic (exact) mass is 383 g/mol. The number of methoxy groups -OCH3 is 1. The van der Waals surface area contributed by atoms with Crippen LogP contribution in [-0.2, 0) is 10.3 Å². The van der Waals surface area contributed by atoms with E-state index in [1.807, 2.05) is 24.3 Å². The fourth-order valence-corrected chi connectivity index (χ4v) is 4.59. The lowest BCUT2D eigenvalue weighted by molar-refractivity contribution is -0.505. The number of amides is 1. The van der Waals surface area contributed by atoms with Gasteiger partial charge in [-0.2, -0.15) is 0 Å². The normalized spacial score (nSPS) is 26.2. The van der Waals surface area contributed by atoms with Crippen LogP contribution in [0.3, 0.4) is 0 Å². The number of nitrogens with one attached hydrogen (secondary N) is 1. The number of ether oxygens (including phenoxy) is 1. The molecular formula is C19H17N3O4S. The molecule has 7 nitrogen and oxygen atoms in total. The van der Waals surface area contributed by atoms with Gasteiger partial charge in [-0.15, -0.1) is 0 Å². The number of carbonyl (C=O) groups is 1. The number of carbonyl (C=O) groups excluding carboxylic acids is 1. The van der Waals surface area contributed by atoms with Gasteiger partial charge in [0.15, 0.2) is 10.5 Å². The van der Waals surface area contributed by atoms with Crippen molar-refractivity contribution >= 4 is 28.8 Å². The average Bonchev–Trinajstić information content (AvgIpc) is 3.10. The molecule has 138 valence electrons. The Labute approximate surface area is 161 Å². The largest absolute Gasteiger partial charge is 0.497 e. The first-order valence-corrected chi connectivity index (χ1v) is 8.79. The predicted octanol–water partition coefficient (Wildman–Crippen LogP) is 2.23. The Bertz CT molecular complexity index is 962. The summed E-state index contributed by atoms with van der Waals surface area (Å²) in [5.74, 6) is -0.394. The molecule has 0 bridgehead atoms. The van der Waals surface area contributed by atoms with Crippen LogP contribution in [0.25, 0.3) is 0 Å². The van der Waals surface area contributed by atoms with E-state index in [2.05, 4.69) is 5.32 Å². The second kappa shape index (κ2) is 6.02. The number of thiocarbonyl (C=S) groups is 1. The molecule has 1 spiro atoms. The first-order valence-electron chi connectivity index (χ1n) is 8.39. The van der Waals surface area contributed by atoms with Crippen LogP contribution in [0.4, 0.5) is 5.69 Å². The third-order valence-corrected chi connectivity index (χ3v) is 5.75. The minimum Gasteiger partial charge on any atom is -0.497 e. The summed E-state index contributed by atoms with van der Waals surface area (Å²) < 4.78 is 5.19. The van der Waals surface area contributed by atoms with Gasteiger partial charge in [-0.25, -0.2) is 0 Å². The Morgan fingerprint density at radius 1 is 1.22 bits per heavy atom. The number of hydrogen-bond acceptors (Lipinski definition) is 5. The van der Waals surface area contributed by atoms with E-state index in [1.54, 1.807) is 38.4 Å². The molecule has 0 unspecified atom stereocenters. The van der Waals surface area contributed by atoms with E-state index in [0.717, 1.165) is 5.69 Å². The van der Waals surface area contributed by atoms with E-state index in [4.69, 9.17) is 17.0 Å². The second-order valence-electron chi connectivity index (χ2n) is 6.66. The molecule has 1 saturated heterocycles. The van der Waals surface area contributed by atoms with Crippen molar-refractivity contribution in [3.05, 3.63) is 69.8 Å². The molecule has 0 aliphatic carbocycles. The maximum Gasteiger partial charge on any atom is 0.272 e. The van der Waals surface area contributed by atoms with Crippen LogP contribution in [0.1, 0.15) is 17.0 Å². The Morgan fingerprint density at radius 3 is 2.52 bits per heavy atom. The summed E-state index contributed by atoms with van der Waals surface area (Å²) in [6, 6.07) is 13.1. The molecular weight excluding hydrogens is 366 g/mol. The Hall–Kier alpha value is -3.00. The third kappa shape index (κ3) is 2.26. The van der Waals surface area contributed by atoms with Crippen molar-refractivity contribution in [1.82, 2.24) is 5.32 Å². The summed E-state index contributed by atoms with van der Waals surface area (Å²) in [4.78, 5) is 26.4. The zero-order valence-electron chi connectivity index (χ0n) is 14.7. The molecule has 2 aliphatic rings. The minimum absolute atomic E-state index is 0.0688. The van der Waals surface area contributed by atoms with Crippen molar-refractivity contribution in [1.29, 1.82) is 0 Å². The fourth-order valence-electron chi connectivity index (χ4n) is 4.21. The molecule has 3 atom stereocenters. The van der Waals surface area contributed by atoms with Crippen LogP contribution >= 0.6 is 12.2 Å². The summed E-state index contributed by atoms with van der Waals surface area (Å²) in [6.07, 6.45) is 0. The van der Waals surface area contributed by atoms with Gasteiger partial charge in [-0.3, -0.25) is 14.9 Å². The van der Waals surface area contributed by atoms with Gasteiger partial charge < -0.3 is 15.0 Å². The highest BCUT2D eigenvalue weighted by molar-refractivity contribution is 7.80. The quantitative estimate of drug-likeness (QED) is 0.497. The zero-order chi connectivity index (χ0) is 19.3. The molecule has 0 saturated carbocycles. The smallest absolute Gasteiger partial charge is 0.272 e. The number of anilines is 1. The first-order chi connectivity index (χ1) is 12.9. The molecule has 2 aromatic carbocycles. The number of para-hydroxylation sites is 1. The van der Waals surface area contributed by atoms with E-state index in [0.29, 0.717) is 16.9 Å². The molecule has 2 heterocycles. The van der Waals surface area contributed by atoms with Crippen LogP contribution in [0, 0.1) is 10.1 Å². The van der Waals surface area contributed by atoms with Crippen molar-refractivity contribution in [3.63, 3.8) is 0 Å². The van der Waals surface area contributed by atoms with E-state index in [9.17, 15) is 14.9 Å². The van der Waals surface area contributed by atoms with Gasteiger partial charge >= 0.3 is 0 Å². The maximum absolute atomic E-state index is 13.4. The van der Waals surface area contributed by atoms with E-state index in [1.165, 1.54) is 4.90 Å². The summed E-state index contributed by atoms with van der Waals surface area (Å²) in [6.45, 7) is 0. The van der Waals surface area contributed by atoms with Gasteiger partial charge in [0, 0.05) is 23.2 Å². The number of benzene rings is 2. The molecule has 1 N–H and O–H groups in total. The molecule has 27 heavy (non-hydrogen) atoms. The van der Waals surface area contributed by atoms with Crippen molar-refractivity contribution in [2.45, 2.75) is 17.5 Å². The SMILES string of the molecule is COc1ccc([C@@H]2[C@@H]([N+](=O)[O-])C(=S)N[C@@]23C(=O)N(C)c2ccccc23)cc1. The zero-order valence-corrected chi connectivity index (χ0v) is 15.5. The van der Waals surface area contributed by atoms with Crippen molar-refractivity contribution in [3.8, 4) is 5.75 Å². The highest BCUT2D eigenvalue weighted by Gasteiger charge is 2.66. The van der Waals surface area contributed by atoms with Crippen LogP contribution in [0.5, 0.6) is 5.75 Å². The number of rotatable bonds is 3. The van der Waals surface area contributed by atoms with Gasteiger partial charge in [0.2, 0.25) is 0 Å². The highest BCUT2D eigenvalue weighted by Crippen LogP contribution is 2.52. The number of hydrogen-bond donors (Lipinski definition) is 1. The topological polar surface area (TPSA) is 84.7 Å². The lowest BCUT2D eigenvalue weighted by atomic mass is 9.75. The van der Waals surface area contributed by atoms with Gasteiger partial charge in [0.05, 0.1) is 13.0 Å². The molecule has 0 radical (unpaired) electrons. The Morgan fingerprint density at radius 2 is 1.89 bits per heavy atom. The van der Waals surface area contributed by atoms with Crippen molar-refractivity contribution in [2.75, 3.05) is 19.1 Å². The van der Waals surface area contributed by atoms with Crippen LogP contribution in [-0.4, -0.2) is 36.0 Å². The molecule has 2 aliphatic heterocycles. The van der Waals surface area contributed by atoms with E-state index < -0.39 is 22.4 Å². The Kier molecular flexibility index (Phi) is 3.88. The lowest BCUT2D eigenvalue weighted by Crippen LogP contribution is -2.50. The van der Waals surface area contributed by atoms with Crippen LogP contribution in [0.2, 0.25) is 0 Å². The highest BCUT2D eigenvalue weighted by atomic mass is 32.1. The maximum atomic E-state index is 13.4. The molecule has 1 fully saturated rings. The summed E-state index contributed by atoms with van der Waals surface area (Å²) in [7, 11) is 3.22. The van der Waals surface area contributed by atoms with E-state index in [-0.39, 0.29) is 10.9 Å². The van der Waals surface area contributed by atoms with Crippen molar-refractivity contribution < 1.29 is 14.5 Å². The fraction of sp³-hybridized carbons (Fsp3) is 0.263. The second-order valence-corrected chi connectivity index (χ2v) is 7.10. The minimum atomic E-state index is -1.30. The van der Waals surface area contributed by atoms with Crippen LogP contribution in [0.15, 0.2) is 48.5 Å². The average molecular weight is 383 g/mol. The number of nitro groups is 1. The number of nitrogens with zero attached hydrogens (tertiary/aromatic N) is 2. The summed E-state index contributed by atoms with van der Waals surface area (Å²) in [5.41, 5.74) is 0.781. The molecule has 0 aromatic heterocycles. The lowest BCUT2D eigenvalue weighted by Gasteiger charge is -2.30. The summed E-state index contributed by atoms with van der Waals surface area (Å²) in [5, 5.41) is 14.9. The Balaban J connectivity index is 1.97. The summed E-state index contributed by atoms with van der Waals surface area (Å²) >= 11 is 5.32. The standard InChI is InChI=1S/C19H17N3O4S/c1-21-14-6-4-3-5-13(14)19(18(21)23)15(16(22(24)25)17(27)20-19)11-7-9-12(26-2)10-8-11/h3-10,15-16H,1-2H3,(H,20,27)/t15-,16-,19-/m1/s1.